The molecule has 3 aliphatic heterocycles. The summed E-state index contributed by atoms with van der Waals surface area (Å²) >= 11 is 1.44. The molecule has 0 aliphatic carbocycles. The molecule has 0 radical (unpaired) electrons. The number of rotatable bonds is 7. The summed E-state index contributed by atoms with van der Waals surface area (Å²) in [5.74, 6) is -1.74. The van der Waals surface area contributed by atoms with Crippen molar-refractivity contribution < 1.29 is 28.7 Å². The van der Waals surface area contributed by atoms with Gasteiger partial charge in [0.05, 0.1) is 34.8 Å². The number of hydrogen-bond donors (Lipinski definition) is 2. The topological polar surface area (TPSA) is 148 Å². The van der Waals surface area contributed by atoms with Crippen molar-refractivity contribution in [2.24, 2.45) is 11.3 Å². The number of aromatic nitrogens is 3. The van der Waals surface area contributed by atoms with Gasteiger partial charge in [-0.05, 0) is 75.8 Å². The van der Waals surface area contributed by atoms with Gasteiger partial charge >= 0.3 is 5.97 Å². The molecule has 13 nitrogen and oxygen atoms in total. The Kier molecular flexibility index (Phi) is 11.9. The fraction of sp³-hybridized carbons (Fsp3) is 0.535. The Balaban J connectivity index is 1.31. The number of hydrazine groups is 1. The average molecular weight is 798 g/mol. The number of amides is 3. The molecule has 14 heteroatoms. The van der Waals surface area contributed by atoms with Crippen LogP contribution in [0.1, 0.15) is 89.1 Å². The maximum absolute atomic E-state index is 14.3. The highest BCUT2D eigenvalue weighted by Gasteiger charge is 2.39. The summed E-state index contributed by atoms with van der Waals surface area (Å²) in [6.07, 6.45) is 4.75. The van der Waals surface area contributed by atoms with Crippen molar-refractivity contribution in [3.63, 3.8) is 0 Å². The molecule has 6 bridgehead atoms. The Bertz CT molecular complexity index is 2160. The number of thiazole rings is 1. The predicted octanol–water partition coefficient (Wildman–Crippen LogP) is 5.85. The third kappa shape index (κ3) is 8.22. The maximum atomic E-state index is 14.3. The molecule has 4 aromatic rings. The van der Waals surface area contributed by atoms with E-state index in [1.807, 2.05) is 25.3 Å². The van der Waals surface area contributed by atoms with Crippen LogP contribution in [0.4, 0.5) is 0 Å². The fourth-order valence-corrected chi connectivity index (χ4v) is 9.47. The van der Waals surface area contributed by atoms with Gasteiger partial charge in [0.25, 0.3) is 5.91 Å². The Hall–Kier alpha value is -4.66. The van der Waals surface area contributed by atoms with Crippen LogP contribution in [0.3, 0.4) is 0 Å². The zero-order valence-electron chi connectivity index (χ0n) is 34.1. The van der Waals surface area contributed by atoms with Gasteiger partial charge in [-0.25, -0.2) is 10.4 Å². The van der Waals surface area contributed by atoms with E-state index in [0.29, 0.717) is 43.8 Å². The lowest BCUT2D eigenvalue weighted by Gasteiger charge is -2.37. The van der Waals surface area contributed by atoms with Crippen molar-refractivity contribution >= 4 is 45.9 Å². The van der Waals surface area contributed by atoms with Crippen LogP contribution in [0, 0.1) is 11.3 Å². The Morgan fingerprint density at radius 3 is 2.74 bits per heavy atom. The molecule has 57 heavy (non-hydrogen) atoms. The number of nitrogens with one attached hydrogen (secondary N) is 2. The zero-order chi connectivity index (χ0) is 40.6. The standard InChI is InChI=1S/C43H55N7O6S/c1-8-28-18-27(20-37(51)48(28)6)40(52)46-33-21-36-45-34(23-57-36)26-14-15-35-30(19-26)31(39(49(35)9-2)29-12-10-16-44-38(29)25(3)55-7)22-43(4,5)24-56-42(54)32-13-11-17-50(47-32)41(33)53/h10,12,14-16,19,23,25,27-28,32-33,47H,8-9,11,13,17-18,20-22,24H2,1-7H3,(H,46,52)/t25-,27+,28-,32-,33-/m0/s1. The van der Waals surface area contributed by atoms with Crippen LogP contribution in [0.25, 0.3) is 33.4 Å². The minimum absolute atomic E-state index is 0.0477. The molecular weight excluding hydrogens is 743 g/mol. The second-order valence-corrected chi connectivity index (χ2v) is 17.4. The molecule has 2 fully saturated rings. The summed E-state index contributed by atoms with van der Waals surface area (Å²) in [7, 11) is 3.47. The quantitative estimate of drug-likeness (QED) is 0.220. The second kappa shape index (κ2) is 16.7. The molecule has 0 saturated carbocycles. The van der Waals surface area contributed by atoms with Gasteiger partial charge in [-0.2, -0.15) is 0 Å². The number of likely N-dealkylation sites (tertiary alicyclic amines) is 1. The molecule has 0 spiro atoms. The lowest BCUT2D eigenvalue weighted by molar-refractivity contribution is -0.155. The van der Waals surface area contributed by atoms with Gasteiger partial charge in [0, 0.05) is 91.1 Å². The van der Waals surface area contributed by atoms with Crippen LogP contribution < -0.4 is 10.7 Å². The normalized spacial score (nSPS) is 23.6. The Labute approximate surface area is 338 Å². The van der Waals surface area contributed by atoms with Gasteiger partial charge in [-0.3, -0.25) is 29.2 Å². The van der Waals surface area contributed by atoms with Crippen molar-refractivity contribution in [1.82, 2.24) is 35.2 Å². The first-order valence-electron chi connectivity index (χ1n) is 20.2. The number of piperidine rings is 1. The van der Waals surface area contributed by atoms with E-state index >= 15 is 0 Å². The van der Waals surface area contributed by atoms with Gasteiger partial charge in [0.2, 0.25) is 11.8 Å². The lowest BCUT2D eigenvalue weighted by Crippen LogP contribution is -2.61. The van der Waals surface area contributed by atoms with Gasteiger partial charge in [0.1, 0.15) is 12.1 Å². The van der Waals surface area contributed by atoms with E-state index < -0.39 is 29.4 Å². The number of ether oxygens (including phenoxy) is 2. The molecule has 6 heterocycles. The molecule has 3 amide bonds. The molecule has 3 aliphatic rings. The molecule has 2 N–H and O–H groups in total. The number of cyclic esters (lactones) is 1. The number of methoxy groups -OCH3 is 1. The first-order chi connectivity index (χ1) is 27.3. The summed E-state index contributed by atoms with van der Waals surface area (Å²) in [4.78, 5) is 66.3. The number of benzene rings is 1. The van der Waals surface area contributed by atoms with Crippen molar-refractivity contribution in [1.29, 1.82) is 0 Å². The summed E-state index contributed by atoms with van der Waals surface area (Å²) < 4.78 is 14.2. The summed E-state index contributed by atoms with van der Waals surface area (Å²) in [6, 6.07) is 8.72. The van der Waals surface area contributed by atoms with Gasteiger partial charge in [-0.1, -0.05) is 26.8 Å². The van der Waals surface area contributed by atoms with Crippen molar-refractivity contribution in [2.75, 3.05) is 27.3 Å². The highest BCUT2D eigenvalue weighted by atomic mass is 32.1. The molecule has 5 atom stereocenters. The highest BCUT2D eigenvalue weighted by Crippen LogP contribution is 2.42. The summed E-state index contributed by atoms with van der Waals surface area (Å²) in [5, 5.41) is 8.23. The molecule has 304 valence electrons. The first kappa shape index (κ1) is 40.5. The van der Waals surface area contributed by atoms with Crippen LogP contribution in [-0.4, -0.2) is 93.6 Å². The zero-order valence-corrected chi connectivity index (χ0v) is 34.9. The average Bonchev–Trinajstić information content (AvgIpc) is 3.81. The number of carbonyl (C=O) groups excluding carboxylic acids is 4. The number of hydrogen-bond acceptors (Lipinski definition) is 10. The predicted molar refractivity (Wildman–Crippen MR) is 219 cm³/mol. The van der Waals surface area contributed by atoms with Crippen molar-refractivity contribution in [3.05, 3.63) is 58.2 Å². The van der Waals surface area contributed by atoms with E-state index in [9.17, 15) is 19.2 Å². The second-order valence-electron chi connectivity index (χ2n) is 16.5. The molecular formula is C43H55N7O6S. The first-order valence-corrected chi connectivity index (χ1v) is 21.1. The van der Waals surface area contributed by atoms with E-state index in [1.54, 1.807) is 25.3 Å². The van der Waals surface area contributed by atoms with Crippen molar-refractivity contribution in [2.45, 2.75) is 110 Å². The molecule has 2 saturated heterocycles. The van der Waals surface area contributed by atoms with E-state index in [0.717, 1.165) is 51.1 Å². The lowest BCUT2D eigenvalue weighted by atomic mass is 9.84. The van der Waals surface area contributed by atoms with E-state index in [1.165, 1.54) is 16.3 Å². The van der Waals surface area contributed by atoms with Crippen LogP contribution in [-0.2, 0) is 48.0 Å². The Morgan fingerprint density at radius 1 is 1.18 bits per heavy atom. The summed E-state index contributed by atoms with van der Waals surface area (Å²) in [5.41, 5.74) is 9.45. The van der Waals surface area contributed by atoms with Crippen LogP contribution in [0.15, 0.2) is 41.9 Å². The number of aryl methyl sites for hydroxylation is 1. The van der Waals surface area contributed by atoms with Crippen LogP contribution in [0.2, 0.25) is 0 Å². The molecule has 0 unspecified atom stereocenters. The third-order valence-electron chi connectivity index (χ3n) is 11.9. The van der Waals surface area contributed by atoms with Gasteiger partial charge < -0.3 is 24.3 Å². The van der Waals surface area contributed by atoms with E-state index in [2.05, 4.69) is 60.3 Å². The van der Waals surface area contributed by atoms with Gasteiger partial charge in [0.15, 0.2) is 0 Å². The number of nitrogens with zero attached hydrogens (tertiary/aromatic N) is 5. The minimum atomic E-state index is -0.968. The van der Waals surface area contributed by atoms with E-state index in [-0.39, 0.29) is 49.3 Å². The smallest absolute Gasteiger partial charge is 0.324 e. The highest BCUT2D eigenvalue weighted by molar-refractivity contribution is 7.10. The van der Waals surface area contributed by atoms with Crippen LogP contribution in [0.5, 0.6) is 0 Å². The van der Waals surface area contributed by atoms with Crippen LogP contribution >= 0.6 is 11.3 Å². The van der Waals surface area contributed by atoms with E-state index in [4.69, 9.17) is 19.4 Å². The number of esters is 1. The monoisotopic (exact) mass is 797 g/mol. The molecule has 1 aromatic carbocycles. The molecule has 3 aromatic heterocycles. The Morgan fingerprint density at radius 2 is 1.98 bits per heavy atom. The largest absolute Gasteiger partial charge is 0.464 e. The third-order valence-corrected chi connectivity index (χ3v) is 12.8. The number of fused-ring (bicyclic) bond motifs is 6. The van der Waals surface area contributed by atoms with Gasteiger partial charge in [-0.15, -0.1) is 11.3 Å². The minimum Gasteiger partial charge on any atom is -0.464 e. The summed E-state index contributed by atoms with van der Waals surface area (Å²) in [6.45, 7) is 11.6. The van der Waals surface area contributed by atoms with Crippen molar-refractivity contribution in [3.8, 4) is 22.5 Å². The SMILES string of the molecule is CC[C@H]1C[C@@H](C(=O)N[C@H]2Cc3nc(cs3)-c3ccc4c(c3)c(c(-c3cccnc3[C@H](C)OC)n4CC)CC(C)(C)COC(=O)[C@@H]3CCCN(N3)C2=O)CC(=O)N1C. The number of carbonyl (C=O) groups is 4. The maximum Gasteiger partial charge on any atom is 0.324 e. The number of pyridine rings is 1. The molecule has 7 rings (SSSR count). The fourth-order valence-electron chi connectivity index (χ4n) is 8.62.